The van der Waals surface area contributed by atoms with Crippen molar-refractivity contribution in [1.82, 2.24) is 15.0 Å². The number of nitrogens with zero attached hydrogens (tertiary/aromatic N) is 4. The number of furan rings is 1. The van der Waals surface area contributed by atoms with E-state index in [1.165, 1.54) is 12.5 Å². The Hall–Kier alpha value is -3.71. The molecule has 4 aromatic rings. The molecule has 39 heavy (non-hydrogen) atoms. The minimum atomic E-state index is -4.61. The van der Waals surface area contributed by atoms with Gasteiger partial charge in [0.25, 0.3) is 0 Å². The first-order chi connectivity index (χ1) is 18.3. The Balaban J connectivity index is 1.44. The van der Waals surface area contributed by atoms with Crippen LogP contribution >= 0.6 is 0 Å². The molecule has 0 radical (unpaired) electrons. The van der Waals surface area contributed by atoms with Crippen molar-refractivity contribution in [1.29, 1.82) is 0 Å². The maximum atomic E-state index is 12.9. The Morgan fingerprint density at radius 2 is 1.92 bits per heavy atom. The van der Waals surface area contributed by atoms with Crippen LogP contribution in [0.25, 0.3) is 22.2 Å². The van der Waals surface area contributed by atoms with E-state index in [1.807, 2.05) is 23.1 Å². The summed E-state index contributed by atoms with van der Waals surface area (Å²) < 4.78 is 66.9. The Morgan fingerprint density at radius 3 is 2.56 bits per heavy atom. The lowest BCUT2D eigenvalue weighted by atomic mass is 9.92. The number of nitrogens with two attached hydrogens (primary N) is 1. The van der Waals surface area contributed by atoms with Gasteiger partial charge < -0.3 is 20.4 Å². The van der Waals surface area contributed by atoms with Crippen molar-refractivity contribution >= 4 is 37.9 Å². The van der Waals surface area contributed by atoms with Crippen LogP contribution in [-0.4, -0.2) is 48.1 Å². The van der Waals surface area contributed by atoms with Gasteiger partial charge in [0.2, 0.25) is 5.76 Å². The zero-order valence-electron chi connectivity index (χ0n) is 21.4. The summed E-state index contributed by atoms with van der Waals surface area (Å²) in [6, 6.07) is 8.34. The lowest BCUT2D eigenvalue weighted by molar-refractivity contribution is -0.153. The second-order valence-corrected chi connectivity index (χ2v) is 12.2. The zero-order valence-corrected chi connectivity index (χ0v) is 22.2. The normalized spacial score (nSPS) is 18.0. The van der Waals surface area contributed by atoms with Crippen molar-refractivity contribution < 1.29 is 26.0 Å². The molecule has 5 rings (SSSR count). The molecule has 1 aliphatic heterocycles. The first-order valence-corrected chi connectivity index (χ1v) is 14.2. The van der Waals surface area contributed by atoms with E-state index in [-0.39, 0.29) is 29.0 Å². The zero-order chi connectivity index (χ0) is 28.1. The van der Waals surface area contributed by atoms with Crippen LogP contribution in [0.3, 0.4) is 0 Å². The van der Waals surface area contributed by atoms with Crippen molar-refractivity contribution in [3.8, 4) is 11.4 Å². The summed E-state index contributed by atoms with van der Waals surface area (Å²) >= 11 is 0. The fourth-order valence-corrected chi connectivity index (χ4v) is 5.85. The molecule has 1 aromatic carbocycles. The molecule has 13 heteroatoms. The summed E-state index contributed by atoms with van der Waals surface area (Å²) in [5.41, 5.74) is 8.42. The van der Waals surface area contributed by atoms with Crippen molar-refractivity contribution in [3.05, 3.63) is 60.3 Å². The fourth-order valence-electron chi connectivity index (χ4n) is 4.77. The number of aromatic nitrogens is 3. The Morgan fingerprint density at radius 1 is 1.15 bits per heavy atom. The van der Waals surface area contributed by atoms with Gasteiger partial charge in [0.1, 0.15) is 27.7 Å². The number of hydrogen-bond donors (Lipinski definition) is 2. The van der Waals surface area contributed by atoms with Crippen LogP contribution in [-0.2, 0) is 16.0 Å². The lowest BCUT2D eigenvalue weighted by Crippen LogP contribution is -2.63. The summed E-state index contributed by atoms with van der Waals surface area (Å²) in [6.07, 6.45) is 0.304. The second kappa shape index (κ2) is 9.79. The van der Waals surface area contributed by atoms with E-state index >= 15 is 0 Å². The average molecular weight is 561 g/mol. The first-order valence-electron chi connectivity index (χ1n) is 12.2. The molecule has 0 saturated carbocycles. The van der Waals surface area contributed by atoms with Crippen LogP contribution in [0.15, 0.2) is 53.4 Å². The highest BCUT2D eigenvalue weighted by Gasteiger charge is 2.39. The number of alkyl halides is 3. The monoisotopic (exact) mass is 560 g/mol. The van der Waals surface area contributed by atoms with Gasteiger partial charge in [-0.15, -0.1) is 0 Å². The van der Waals surface area contributed by atoms with Crippen LogP contribution in [0.1, 0.15) is 31.1 Å². The molecule has 0 spiro atoms. The molecule has 0 amide bonds. The summed E-state index contributed by atoms with van der Waals surface area (Å²) in [4.78, 5) is 14.9. The van der Waals surface area contributed by atoms with Crippen LogP contribution in [0.2, 0.25) is 0 Å². The highest BCUT2D eigenvalue weighted by Crippen LogP contribution is 2.39. The molecule has 0 unspecified atom stereocenters. The maximum Gasteiger partial charge on any atom is 0.449 e. The van der Waals surface area contributed by atoms with Gasteiger partial charge in [-0.2, -0.15) is 13.2 Å². The number of fused-ring (bicyclic) bond motifs is 1. The number of nitrogens with one attached hydrogen (secondary N) is 1. The highest BCUT2D eigenvalue weighted by molar-refractivity contribution is 7.90. The maximum absolute atomic E-state index is 12.9. The minimum Gasteiger partial charge on any atom is -0.459 e. The summed E-state index contributed by atoms with van der Waals surface area (Å²) in [5.74, 6) is -0.138. The molecule has 4 heterocycles. The van der Waals surface area contributed by atoms with Gasteiger partial charge in [0, 0.05) is 48.3 Å². The van der Waals surface area contributed by atoms with Crippen LogP contribution in [0.4, 0.5) is 30.5 Å². The van der Waals surface area contributed by atoms with Gasteiger partial charge in [0.05, 0.1) is 17.5 Å². The van der Waals surface area contributed by atoms with Crippen molar-refractivity contribution in [2.45, 2.75) is 32.1 Å². The summed E-state index contributed by atoms with van der Waals surface area (Å²) in [6.45, 7) is 4.69. The molecule has 3 aromatic heterocycles. The van der Waals surface area contributed by atoms with E-state index in [0.717, 1.165) is 34.4 Å². The molecule has 1 saturated heterocycles. The van der Waals surface area contributed by atoms with Gasteiger partial charge in [0.15, 0.2) is 5.82 Å². The number of pyridine rings is 1. The number of hydrogen-bond acceptors (Lipinski definition) is 9. The SMILES string of the molecule is CC(C)c1ccc(N2C[C@H](CS(C)(=O)=O)[C@H]2N)c2cnc(Nc3ccnc(-c4coc(C(F)(F)F)c4)n3)cc12. The standard InChI is InChI=1S/C26H27F3N6O3S/c1-14(2)17-4-5-20(35-11-16(24(35)30)13-39(3,36)37)19-10-32-23(9-18(17)19)33-22-6-7-31-25(34-22)15-8-21(38-12-15)26(27,28)29/h4-10,12,14,16,24H,11,13,30H2,1-3H3,(H,31,32,33,34)/t16-,24+/m1/s1. The third-order valence-corrected chi connectivity index (χ3v) is 7.72. The number of halogens is 3. The number of rotatable bonds is 7. The molecule has 0 aliphatic carbocycles. The summed E-state index contributed by atoms with van der Waals surface area (Å²) in [5, 5.41) is 4.93. The Bertz CT molecular complexity index is 1640. The molecular weight excluding hydrogens is 533 g/mol. The quantitative estimate of drug-likeness (QED) is 0.323. The Kier molecular flexibility index (Phi) is 6.75. The van der Waals surface area contributed by atoms with Gasteiger partial charge in [-0.25, -0.2) is 23.4 Å². The molecule has 206 valence electrons. The second-order valence-electron chi connectivity index (χ2n) is 10.0. The van der Waals surface area contributed by atoms with Crippen molar-refractivity contribution in [2.24, 2.45) is 11.7 Å². The van der Waals surface area contributed by atoms with E-state index in [2.05, 4.69) is 38.5 Å². The minimum absolute atomic E-state index is 0.0379. The molecule has 1 aliphatic rings. The smallest absolute Gasteiger partial charge is 0.449 e. The van der Waals surface area contributed by atoms with Crippen LogP contribution in [0, 0.1) is 5.92 Å². The molecule has 0 bridgehead atoms. The number of sulfone groups is 1. The van der Waals surface area contributed by atoms with E-state index in [1.54, 1.807) is 12.3 Å². The highest BCUT2D eigenvalue weighted by atomic mass is 32.2. The first kappa shape index (κ1) is 26.9. The van der Waals surface area contributed by atoms with Crippen molar-refractivity contribution in [3.63, 3.8) is 0 Å². The van der Waals surface area contributed by atoms with Crippen molar-refractivity contribution in [2.75, 3.05) is 28.8 Å². The van der Waals surface area contributed by atoms with Gasteiger partial charge in [-0.3, -0.25) is 0 Å². The molecular formula is C26H27F3N6O3S. The fraction of sp³-hybridized carbons (Fsp3) is 0.346. The van der Waals surface area contributed by atoms with Gasteiger partial charge >= 0.3 is 6.18 Å². The molecule has 3 N–H and O–H groups in total. The predicted molar refractivity (Wildman–Crippen MR) is 142 cm³/mol. The molecule has 2 atom stereocenters. The average Bonchev–Trinajstić information content (AvgIpc) is 3.36. The molecule has 9 nitrogen and oxygen atoms in total. The predicted octanol–water partition coefficient (Wildman–Crippen LogP) is 4.94. The number of benzene rings is 1. The van der Waals surface area contributed by atoms with E-state index in [0.29, 0.717) is 18.2 Å². The lowest BCUT2D eigenvalue weighted by Gasteiger charge is -2.47. The van der Waals surface area contributed by atoms with E-state index in [4.69, 9.17) is 5.73 Å². The van der Waals surface area contributed by atoms with Crippen LogP contribution < -0.4 is 16.0 Å². The van der Waals surface area contributed by atoms with Gasteiger partial charge in [-0.1, -0.05) is 19.9 Å². The Labute approximate surface area is 223 Å². The van der Waals surface area contributed by atoms with Gasteiger partial charge in [-0.05, 0) is 35.1 Å². The number of anilines is 3. The third-order valence-electron chi connectivity index (χ3n) is 6.68. The molecule has 1 fully saturated rings. The largest absolute Gasteiger partial charge is 0.459 e. The van der Waals surface area contributed by atoms with E-state index < -0.39 is 27.9 Å². The van der Waals surface area contributed by atoms with E-state index in [9.17, 15) is 21.6 Å². The third kappa shape index (κ3) is 5.55. The topological polar surface area (TPSA) is 127 Å². The van der Waals surface area contributed by atoms with Crippen LogP contribution in [0.5, 0.6) is 0 Å². The summed E-state index contributed by atoms with van der Waals surface area (Å²) in [7, 11) is -3.14.